The second-order valence-electron chi connectivity index (χ2n) is 3.96. The lowest BCUT2D eigenvalue weighted by Gasteiger charge is -1.87. The van der Waals surface area contributed by atoms with Crippen LogP contribution in [-0.4, -0.2) is 16.7 Å². The lowest BCUT2D eigenvalue weighted by atomic mass is 10.2. The van der Waals surface area contributed by atoms with E-state index in [1.807, 2.05) is 42.5 Å². The summed E-state index contributed by atoms with van der Waals surface area (Å²) in [7, 11) is 0. The van der Waals surface area contributed by atoms with Crippen LogP contribution in [0, 0.1) is 0 Å². The Morgan fingerprint density at radius 1 is 0.524 bits per heavy atom. The molecule has 0 radical (unpaired) electrons. The maximum atomic E-state index is 10.3. The van der Waals surface area contributed by atoms with Crippen LogP contribution < -0.4 is 0 Å². The topological polar surface area (TPSA) is 54.4 Å². The molecular formula is C18H16O3. The third kappa shape index (κ3) is 8.72. The van der Waals surface area contributed by atoms with Gasteiger partial charge in [0.1, 0.15) is 5.75 Å². The monoisotopic (exact) mass is 280 g/mol. The van der Waals surface area contributed by atoms with Crippen molar-refractivity contribution in [3.8, 4) is 5.75 Å². The van der Waals surface area contributed by atoms with E-state index in [0.717, 1.165) is 0 Å². The Balaban J connectivity index is 0.000000159. The second kappa shape index (κ2) is 9.92. The smallest absolute Gasteiger partial charge is 0.178 e. The summed E-state index contributed by atoms with van der Waals surface area (Å²) in [5, 5.41) is 8.63. The number of para-hydroxylation sites is 1. The molecule has 1 N–H and O–H groups in total. The van der Waals surface area contributed by atoms with Gasteiger partial charge in [-0.3, -0.25) is 9.59 Å². The van der Waals surface area contributed by atoms with Crippen molar-refractivity contribution in [1.82, 2.24) is 0 Å². The van der Waals surface area contributed by atoms with Gasteiger partial charge in [0.15, 0.2) is 11.6 Å². The summed E-state index contributed by atoms with van der Waals surface area (Å²) >= 11 is 0. The Labute approximate surface area is 123 Å². The highest BCUT2D eigenvalue weighted by Crippen LogP contribution is 2.02. The quantitative estimate of drug-likeness (QED) is 0.753. The molecule has 0 spiro atoms. The molecule has 0 bridgehead atoms. The summed E-state index contributed by atoms with van der Waals surface area (Å²) in [6.45, 7) is 0. The number of rotatable bonds is 0. The number of allylic oxidation sites excluding steroid dienone is 4. The summed E-state index contributed by atoms with van der Waals surface area (Å²) in [4.78, 5) is 20.6. The number of phenolic OH excluding ortho intramolecular Hbond substituents is 1. The minimum absolute atomic E-state index is 0.121. The Morgan fingerprint density at radius 3 is 1.05 bits per heavy atom. The van der Waals surface area contributed by atoms with Gasteiger partial charge in [0.2, 0.25) is 0 Å². The highest BCUT2D eigenvalue weighted by Gasteiger charge is 1.97. The molecule has 0 heterocycles. The molecule has 0 aliphatic heterocycles. The van der Waals surface area contributed by atoms with Crippen LogP contribution in [0.25, 0.3) is 0 Å². The van der Waals surface area contributed by atoms with Gasteiger partial charge < -0.3 is 5.11 Å². The van der Waals surface area contributed by atoms with Crippen molar-refractivity contribution >= 4 is 11.6 Å². The number of carbonyl (C=O) groups excluding carboxylic acids is 2. The molecule has 21 heavy (non-hydrogen) atoms. The summed E-state index contributed by atoms with van der Waals surface area (Å²) in [5.74, 6) is 0.0803. The Hall–Kier alpha value is -2.94. The van der Waals surface area contributed by atoms with Crippen LogP contribution in [0.3, 0.4) is 0 Å². The van der Waals surface area contributed by atoms with E-state index in [2.05, 4.69) is 0 Å². The van der Waals surface area contributed by atoms with E-state index in [4.69, 9.17) is 5.11 Å². The molecule has 0 saturated carbocycles. The van der Waals surface area contributed by atoms with E-state index in [1.165, 1.54) is 24.3 Å². The molecule has 0 aromatic heterocycles. The molecule has 106 valence electrons. The molecular weight excluding hydrogens is 264 g/mol. The van der Waals surface area contributed by atoms with Gasteiger partial charge >= 0.3 is 0 Å². The molecule has 1 aliphatic carbocycles. The van der Waals surface area contributed by atoms with Gasteiger partial charge in [-0.1, -0.05) is 54.6 Å². The van der Waals surface area contributed by atoms with E-state index in [1.54, 1.807) is 24.3 Å². The van der Waals surface area contributed by atoms with Crippen molar-refractivity contribution in [3.05, 3.63) is 91.0 Å². The largest absolute Gasteiger partial charge is 0.508 e. The average molecular weight is 280 g/mol. The van der Waals surface area contributed by atoms with Crippen molar-refractivity contribution in [3.63, 3.8) is 0 Å². The maximum Gasteiger partial charge on any atom is 0.178 e. The standard InChI is InChI=1S/C6H4O2.C6H6O.C6H6/c7-5-1-2-6(8)4-3-5;7-6-4-2-1-3-5-6;1-2-4-6-5-3-1/h1-4H;1-5,7H;1-6H. The fourth-order valence-corrected chi connectivity index (χ4v) is 1.25. The molecule has 1 aliphatic rings. The van der Waals surface area contributed by atoms with Crippen molar-refractivity contribution < 1.29 is 14.7 Å². The molecule has 0 saturated heterocycles. The molecule has 3 heteroatoms. The Kier molecular flexibility index (Phi) is 7.61. The van der Waals surface area contributed by atoms with Crippen LogP contribution >= 0.6 is 0 Å². The number of carbonyl (C=O) groups is 2. The predicted molar refractivity (Wildman–Crippen MR) is 82.8 cm³/mol. The van der Waals surface area contributed by atoms with Crippen LogP contribution in [0.4, 0.5) is 0 Å². The molecule has 0 unspecified atom stereocenters. The van der Waals surface area contributed by atoms with Crippen LogP contribution in [0.2, 0.25) is 0 Å². The maximum absolute atomic E-state index is 10.3. The number of aromatic hydroxyl groups is 1. The lowest BCUT2D eigenvalue weighted by Crippen LogP contribution is -1.97. The summed E-state index contributed by atoms with van der Waals surface area (Å²) < 4.78 is 0. The SMILES string of the molecule is O=C1C=CC(=O)C=C1.Oc1ccccc1.c1ccccc1. The number of hydrogen-bond acceptors (Lipinski definition) is 3. The molecule has 0 amide bonds. The number of benzene rings is 2. The molecule has 0 atom stereocenters. The molecule has 0 fully saturated rings. The minimum atomic E-state index is -0.121. The highest BCUT2D eigenvalue weighted by molar-refractivity contribution is 6.14. The van der Waals surface area contributed by atoms with Crippen LogP contribution in [0.15, 0.2) is 91.0 Å². The second-order valence-corrected chi connectivity index (χ2v) is 3.96. The Bertz CT molecular complexity index is 534. The van der Waals surface area contributed by atoms with Gasteiger partial charge in [-0.05, 0) is 36.4 Å². The fourth-order valence-electron chi connectivity index (χ4n) is 1.25. The lowest BCUT2D eigenvalue weighted by molar-refractivity contribution is -0.113. The summed E-state index contributed by atoms with van der Waals surface area (Å²) in [6.07, 6.45) is 5.01. The van der Waals surface area contributed by atoms with Crippen LogP contribution in [-0.2, 0) is 9.59 Å². The number of hydrogen-bond donors (Lipinski definition) is 1. The molecule has 2 aromatic carbocycles. The number of ketones is 2. The van der Waals surface area contributed by atoms with Crippen LogP contribution in [0.5, 0.6) is 5.75 Å². The first-order valence-electron chi connectivity index (χ1n) is 6.36. The van der Waals surface area contributed by atoms with Gasteiger partial charge in [0, 0.05) is 0 Å². The average Bonchev–Trinajstić information content (AvgIpc) is 2.54. The van der Waals surface area contributed by atoms with Crippen molar-refractivity contribution in [1.29, 1.82) is 0 Å². The van der Waals surface area contributed by atoms with E-state index in [-0.39, 0.29) is 11.6 Å². The van der Waals surface area contributed by atoms with Gasteiger partial charge in [-0.25, -0.2) is 0 Å². The fraction of sp³-hybridized carbons (Fsp3) is 0. The zero-order valence-corrected chi connectivity index (χ0v) is 11.4. The zero-order valence-electron chi connectivity index (χ0n) is 11.4. The van der Waals surface area contributed by atoms with E-state index < -0.39 is 0 Å². The summed E-state index contributed by atoms with van der Waals surface area (Å²) in [6, 6.07) is 20.7. The van der Waals surface area contributed by atoms with E-state index in [0.29, 0.717) is 5.75 Å². The van der Waals surface area contributed by atoms with Crippen molar-refractivity contribution in [2.75, 3.05) is 0 Å². The number of phenols is 1. The van der Waals surface area contributed by atoms with Crippen molar-refractivity contribution in [2.45, 2.75) is 0 Å². The normalized spacial score (nSPS) is 11.8. The first-order chi connectivity index (χ1) is 10.2. The van der Waals surface area contributed by atoms with Gasteiger partial charge in [0.25, 0.3) is 0 Å². The predicted octanol–water partition coefficient (Wildman–Crippen LogP) is 3.33. The van der Waals surface area contributed by atoms with Gasteiger partial charge in [-0.15, -0.1) is 0 Å². The van der Waals surface area contributed by atoms with Crippen molar-refractivity contribution in [2.24, 2.45) is 0 Å². The van der Waals surface area contributed by atoms with Crippen LogP contribution in [0.1, 0.15) is 0 Å². The van der Waals surface area contributed by atoms with E-state index >= 15 is 0 Å². The van der Waals surface area contributed by atoms with E-state index in [9.17, 15) is 9.59 Å². The first kappa shape index (κ1) is 16.1. The van der Waals surface area contributed by atoms with Gasteiger partial charge in [0.05, 0.1) is 0 Å². The Morgan fingerprint density at radius 2 is 0.810 bits per heavy atom. The summed E-state index contributed by atoms with van der Waals surface area (Å²) in [5.41, 5.74) is 0. The highest BCUT2D eigenvalue weighted by atomic mass is 16.3. The zero-order chi connectivity index (χ0) is 15.3. The van der Waals surface area contributed by atoms with Gasteiger partial charge in [-0.2, -0.15) is 0 Å². The third-order valence-corrected chi connectivity index (χ3v) is 2.25. The molecule has 3 rings (SSSR count). The molecule has 3 nitrogen and oxygen atoms in total. The minimum Gasteiger partial charge on any atom is -0.508 e. The molecule has 2 aromatic rings. The first-order valence-corrected chi connectivity index (χ1v) is 6.36. The third-order valence-electron chi connectivity index (χ3n) is 2.25.